The van der Waals surface area contributed by atoms with E-state index in [0.29, 0.717) is 23.4 Å². The molecule has 0 aliphatic rings. The minimum absolute atomic E-state index is 0.00394. The van der Waals surface area contributed by atoms with Gasteiger partial charge < -0.3 is 4.90 Å². The SMILES string of the molecule is C#Cc1cccc(N(Cc2ccccc2)C(=O)c2cnc3ccccn3c2=O)c1. The van der Waals surface area contributed by atoms with Crippen molar-refractivity contribution in [2.45, 2.75) is 6.54 Å². The molecule has 0 N–H and O–H groups in total. The highest BCUT2D eigenvalue weighted by Gasteiger charge is 2.22. The third-order valence-electron chi connectivity index (χ3n) is 4.60. The molecule has 5 nitrogen and oxygen atoms in total. The van der Waals surface area contributed by atoms with Crippen molar-refractivity contribution in [3.63, 3.8) is 0 Å². The second-order valence-electron chi connectivity index (χ2n) is 6.48. The molecule has 4 rings (SSSR count). The molecule has 0 aliphatic carbocycles. The smallest absolute Gasteiger partial charge is 0.270 e. The zero-order chi connectivity index (χ0) is 20.2. The maximum atomic E-state index is 13.4. The number of aromatic nitrogens is 2. The number of carbonyl (C=O) groups is 1. The van der Waals surface area contributed by atoms with Gasteiger partial charge in [0, 0.05) is 23.6 Å². The van der Waals surface area contributed by atoms with Crippen molar-refractivity contribution in [3.8, 4) is 12.3 Å². The predicted octanol–water partition coefficient (Wildman–Crippen LogP) is 3.52. The molecule has 0 unspecified atom stereocenters. The van der Waals surface area contributed by atoms with Gasteiger partial charge in [-0.2, -0.15) is 0 Å². The zero-order valence-electron chi connectivity index (χ0n) is 15.5. The molecule has 5 heteroatoms. The van der Waals surface area contributed by atoms with E-state index >= 15 is 0 Å². The van der Waals surface area contributed by atoms with Crippen LogP contribution in [0.25, 0.3) is 5.65 Å². The van der Waals surface area contributed by atoms with Crippen LogP contribution in [0.2, 0.25) is 0 Å². The Kier molecular flexibility index (Phi) is 4.91. The molecule has 0 bridgehead atoms. The van der Waals surface area contributed by atoms with Gasteiger partial charge in [0.15, 0.2) is 0 Å². The zero-order valence-corrected chi connectivity index (χ0v) is 15.5. The molecule has 2 heterocycles. The number of amides is 1. The fourth-order valence-corrected chi connectivity index (χ4v) is 3.13. The molecule has 0 saturated heterocycles. The number of nitrogens with zero attached hydrogens (tertiary/aromatic N) is 3. The van der Waals surface area contributed by atoms with Crippen molar-refractivity contribution in [2.24, 2.45) is 0 Å². The van der Waals surface area contributed by atoms with Crippen LogP contribution in [0.3, 0.4) is 0 Å². The molecule has 140 valence electrons. The van der Waals surface area contributed by atoms with Gasteiger partial charge in [-0.25, -0.2) is 4.98 Å². The van der Waals surface area contributed by atoms with Gasteiger partial charge in [0.2, 0.25) is 0 Å². The monoisotopic (exact) mass is 379 g/mol. The molecule has 0 aliphatic heterocycles. The van der Waals surface area contributed by atoms with E-state index in [9.17, 15) is 9.59 Å². The molecule has 0 radical (unpaired) electrons. The third kappa shape index (κ3) is 3.64. The number of pyridine rings is 1. The first-order chi connectivity index (χ1) is 14.2. The van der Waals surface area contributed by atoms with Gasteiger partial charge in [0.25, 0.3) is 11.5 Å². The number of benzene rings is 2. The quantitative estimate of drug-likeness (QED) is 0.510. The van der Waals surface area contributed by atoms with Crippen molar-refractivity contribution in [3.05, 3.63) is 112 Å². The molecule has 0 atom stereocenters. The maximum Gasteiger partial charge on any atom is 0.270 e. The van der Waals surface area contributed by atoms with Crippen molar-refractivity contribution >= 4 is 17.2 Å². The molecular weight excluding hydrogens is 362 g/mol. The predicted molar refractivity (Wildman–Crippen MR) is 113 cm³/mol. The van der Waals surface area contributed by atoms with Crippen LogP contribution in [-0.4, -0.2) is 15.3 Å². The molecule has 2 aromatic heterocycles. The van der Waals surface area contributed by atoms with E-state index in [4.69, 9.17) is 6.42 Å². The Morgan fingerprint density at radius 3 is 2.62 bits per heavy atom. The molecular formula is C24H17N3O2. The summed E-state index contributed by atoms with van der Waals surface area (Å²) in [4.78, 5) is 32.2. The Bertz CT molecular complexity index is 1290. The number of fused-ring (bicyclic) bond motifs is 1. The molecule has 0 saturated carbocycles. The lowest BCUT2D eigenvalue weighted by molar-refractivity contribution is 0.0983. The standard InChI is InChI=1S/C24H17N3O2/c1-2-18-11-8-12-20(15-18)27(17-19-9-4-3-5-10-19)24(29)21-16-25-22-13-6-7-14-26(22)23(21)28/h1,3-16H,17H2. The summed E-state index contributed by atoms with van der Waals surface area (Å²) in [6.45, 7) is 0.296. The third-order valence-corrected chi connectivity index (χ3v) is 4.60. The first kappa shape index (κ1) is 18.2. The number of hydrogen-bond acceptors (Lipinski definition) is 3. The lowest BCUT2D eigenvalue weighted by Crippen LogP contribution is -2.35. The summed E-state index contributed by atoms with van der Waals surface area (Å²) in [5, 5.41) is 0. The number of carbonyl (C=O) groups excluding carboxylic acids is 1. The normalized spacial score (nSPS) is 10.4. The first-order valence-electron chi connectivity index (χ1n) is 9.06. The number of terminal acetylenes is 1. The largest absolute Gasteiger partial charge is 0.304 e. The summed E-state index contributed by atoms with van der Waals surface area (Å²) in [6, 6.07) is 21.9. The van der Waals surface area contributed by atoms with Gasteiger partial charge in [-0.05, 0) is 35.9 Å². The summed E-state index contributed by atoms with van der Waals surface area (Å²) < 4.78 is 1.37. The van der Waals surface area contributed by atoms with E-state index in [1.807, 2.05) is 30.3 Å². The highest BCUT2D eigenvalue weighted by Crippen LogP contribution is 2.21. The van der Waals surface area contributed by atoms with Crippen LogP contribution in [0.4, 0.5) is 5.69 Å². The molecule has 1 amide bonds. The minimum Gasteiger partial charge on any atom is -0.304 e. The fourth-order valence-electron chi connectivity index (χ4n) is 3.13. The average Bonchev–Trinajstić information content (AvgIpc) is 2.78. The molecule has 0 spiro atoms. The second-order valence-corrected chi connectivity index (χ2v) is 6.48. The van der Waals surface area contributed by atoms with Crippen LogP contribution in [0.1, 0.15) is 21.5 Å². The Morgan fingerprint density at radius 2 is 1.83 bits per heavy atom. The van der Waals surface area contributed by atoms with E-state index < -0.39 is 11.5 Å². The van der Waals surface area contributed by atoms with Crippen LogP contribution >= 0.6 is 0 Å². The fraction of sp³-hybridized carbons (Fsp3) is 0.0417. The second kappa shape index (κ2) is 7.83. The van der Waals surface area contributed by atoms with Gasteiger partial charge in [-0.15, -0.1) is 6.42 Å². The van der Waals surface area contributed by atoms with Gasteiger partial charge in [-0.1, -0.05) is 48.4 Å². The van der Waals surface area contributed by atoms with E-state index in [1.165, 1.54) is 10.6 Å². The average molecular weight is 379 g/mol. The van der Waals surface area contributed by atoms with Gasteiger partial charge in [0.05, 0.1) is 6.54 Å². The lowest BCUT2D eigenvalue weighted by atomic mass is 10.1. The summed E-state index contributed by atoms with van der Waals surface area (Å²) >= 11 is 0. The Balaban J connectivity index is 1.82. The van der Waals surface area contributed by atoms with E-state index in [-0.39, 0.29) is 5.56 Å². The lowest BCUT2D eigenvalue weighted by Gasteiger charge is -2.23. The van der Waals surface area contributed by atoms with Crippen LogP contribution in [0.15, 0.2) is 90.0 Å². The van der Waals surface area contributed by atoms with Crippen molar-refractivity contribution in [2.75, 3.05) is 4.90 Å². The summed E-state index contributed by atoms with van der Waals surface area (Å²) in [6.07, 6.45) is 8.46. The summed E-state index contributed by atoms with van der Waals surface area (Å²) in [5.74, 6) is 2.15. The summed E-state index contributed by atoms with van der Waals surface area (Å²) in [7, 11) is 0. The van der Waals surface area contributed by atoms with Crippen LogP contribution < -0.4 is 10.5 Å². The van der Waals surface area contributed by atoms with Crippen LogP contribution in [-0.2, 0) is 6.54 Å². The van der Waals surface area contributed by atoms with Gasteiger partial charge in [0.1, 0.15) is 11.2 Å². The molecule has 0 fully saturated rings. The van der Waals surface area contributed by atoms with Crippen molar-refractivity contribution < 1.29 is 4.79 Å². The number of hydrogen-bond donors (Lipinski definition) is 0. The molecule has 4 aromatic rings. The first-order valence-corrected chi connectivity index (χ1v) is 9.06. The van der Waals surface area contributed by atoms with Crippen molar-refractivity contribution in [1.82, 2.24) is 9.38 Å². The van der Waals surface area contributed by atoms with Crippen LogP contribution in [0, 0.1) is 12.3 Å². The highest BCUT2D eigenvalue weighted by atomic mass is 16.2. The molecule has 2 aromatic carbocycles. The summed E-state index contributed by atoms with van der Waals surface area (Å²) in [5.41, 5.74) is 2.27. The van der Waals surface area contributed by atoms with E-state index in [1.54, 1.807) is 53.6 Å². The van der Waals surface area contributed by atoms with E-state index in [2.05, 4.69) is 10.9 Å². The Hall–Kier alpha value is -4.17. The number of rotatable bonds is 4. The van der Waals surface area contributed by atoms with Gasteiger partial charge in [-0.3, -0.25) is 14.0 Å². The van der Waals surface area contributed by atoms with Crippen molar-refractivity contribution in [1.29, 1.82) is 0 Å². The van der Waals surface area contributed by atoms with Gasteiger partial charge >= 0.3 is 0 Å². The van der Waals surface area contributed by atoms with Crippen LogP contribution in [0.5, 0.6) is 0 Å². The molecule has 29 heavy (non-hydrogen) atoms. The minimum atomic E-state index is -0.432. The highest BCUT2D eigenvalue weighted by molar-refractivity contribution is 6.05. The Labute approximate surface area is 167 Å². The number of anilines is 1. The maximum absolute atomic E-state index is 13.4. The van der Waals surface area contributed by atoms with E-state index in [0.717, 1.165) is 5.56 Å². The Morgan fingerprint density at radius 1 is 1.03 bits per heavy atom. The topological polar surface area (TPSA) is 54.7 Å².